The van der Waals surface area contributed by atoms with Gasteiger partial charge in [-0.25, -0.2) is 9.18 Å². The van der Waals surface area contributed by atoms with Crippen molar-refractivity contribution in [2.24, 2.45) is 5.73 Å². The Morgan fingerprint density at radius 3 is 2.79 bits per heavy atom. The van der Waals surface area contributed by atoms with Gasteiger partial charge in [0.1, 0.15) is 5.82 Å². The van der Waals surface area contributed by atoms with Gasteiger partial charge in [-0.2, -0.15) is 0 Å². The normalized spacial score (nSPS) is 12.5. The predicted molar refractivity (Wildman–Crippen MR) is 50.6 cm³/mol. The predicted octanol–water partition coefficient (Wildman–Crippen LogP) is 1.93. The summed E-state index contributed by atoms with van der Waals surface area (Å²) in [7, 11) is 0. The van der Waals surface area contributed by atoms with Crippen LogP contribution in [0.25, 0.3) is 0 Å². The van der Waals surface area contributed by atoms with E-state index in [1.807, 2.05) is 6.92 Å². The molecule has 1 rings (SSSR count). The van der Waals surface area contributed by atoms with E-state index < -0.39 is 17.8 Å². The summed E-state index contributed by atoms with van der Waals surface area (Å²) in [5.41, 5.74) is 6.09. The molecule has 0 aliphatic heterocycles. The Hall–Kier alpha value is -1.42. The van der Waals surface area contributed by atoms with Gasteiger partial charge in [0.2, 0.25) is 0 Å². The van der Waals surface area contributed by atoms with E-state index in [1.165, 1.54) is 12.1 Å². The van der Waals surface area contributed by atoms with E-state index >= 15 is 0 Å². The zero-order valence-corrected chi connectivity index (χ0v) is 7.83. The highest BCUT2D eigenvalue weighted by Crippen LogP contribution is 2.20. The molecule has 0 fully saturated rings. The highest BCUT2D eigenvalue weighted by molar-refractivity contribution is 5.89. The van der Waals surface area contributed by atoms with Gasteiger partial charge in [0, 0.05) is 6.04 Å². The summed E-state index contributed by atoms with van der Waals surface area (Å²) in [5, 5.41) is 8.82. The van der Waals surface area contributed by atoms with Crippen molar-refractivity contribution in [3.05, 3.63) is 35.1 Å². The van der Waals surface area contributed by atoms with E-state index in [4.69, 9.17) is 10.8 Å². The Morgan fingerprint density at radius 1 is 1.64 bits per heavy atom. The number of rotatable bonds is 3. The lowest BCUT2D eigenvalue weighted by molar-refractivity contribution is 0.0695. The molecule has 76 valence electrons. The second kappa shape index (κ2) is 4.19. The van der Waals surface area contributed by atoms with Crippen LogP contribution < -0.4 is 5.73 Å². The van der Waals surface area contributed by atoms with E-state index in [-0.39, 0.29) is 5.56 Å². The van der Waals surface area contributed by atoms with Crippen molar-refractivity contribution in [2.75, 3.05) is 0 Å². The molecule has 0 bridgehead atoms. The fourth-order valence-corrected chi connectivity index (χ4v) is 1.26. The Labute approximate surface area is 81.4 Å². The molecule has 1 unspecified atom stereocenters. The van der Waals surface area contributed by atoms with Crippen LogP contribution in [0, 0.1) is 5.82 Å². The second-order valence-corrected chi connectivity index (χ2v) is 3.05. The van der Waals surface area contributed by atoms with Gasteiger partial charge in [-0.1, -0.05) is 6.92 Å². The highest BCUT2D eigenvalue weighted by atomic mass is 19.1. The molecule has 0 amide bonds. The van der Waals surface area contributed by atoms with Gasteiger partial charge in [0.15, 0.2) is 0 Å². The molecule has 0 aliphatic rings. The van der Waals surface area contributed by atoms with Crippen molar-refractivity contribution in [3.8, 4) is 0 Å². The van der Waals surface area contributed by atoms with Crippen LogP contribution >= 0.6 is 0 Å². The average Bonchev–Trinajstić information content (AvgIpc) is 2.16. The van der Waals surface area contributed by atoms with Crippen molar-refractivity contribution >= 4 is 5.97 Å². The number of benzene rings is 1. The Bertz CT molecular complexity index is 352. The molecule has 1 aromatic rings. The lowest BCUT2D eigenvalue weighted by atomic mass is 9.99. The van der Waals surface area contributed by atoms with E-state index in [0.29, 0.717) is 12.0 Å². The van der Waals surface area contributed by atoms with Crippen LogP contribution in [0.1, 0.15) is 35.3 Å². The van der Waals surface area contributed by atoms with E-state index in [0.717, 1.165) is 6.07 Å². The molecule has 0 spiro atoms. The third kappa shape index (κ3) is 2.09. The van der Waals surface area contributed by atoms with Gasteiger partial charge in [-0.05, 0) is 30.2 Å². The summed E-state index contributed by atoms with van der Waals surface area (Å²) in [6.07, 6.45) is 0.573. The first-order valence-electron chi connectivity index (χ1n) is 4.34. The fraction of sp³-hybridized carbons (Fsp3) is 0.300. The second-order valence-electron chi connectivity index (χ2n) is 3.05. The average molecular weight is 197 g/mol. The topological polar surface area (TPSA) is 63.3 Å². The molecule has 0 aliphatic carbocycles. The number of nitrogens with two attached hydrogens (primary N) is 1. The number of carboxylic acids is 1. The monoisotopic (exact) mass is 197 g/mol. The van der Waals surface area contributed by atoms with Crippen LogP contribution in [0.3, 0.4) is 0 Å². The highest BCUT2D eigenvalue weighted by Gasteiger charge is 2.15. The van der Waals surface area contributed by atoms with Crippen molar-refractivity contribution in [3.63, 3.8) is 0 Å². The minimum Gasteiger partial charge on any atom is -0.478 e. The molecule has 0 aromatic heterocycles. The van der Waals surface area contributed by atoms with Gasteiger partial charge in [-0.15, -0.1) is 0 Å². The summed E-state index contributed by atoms with van der Waals surface area (Å²) in [4.78, 5) is 10.8. The molecule has 0 saturated carbocycles. The Balaban J connectivity index is 3.22. The number of aromatic carboxylic acids is 1. The lowest BCUT2D eigenvalue weighted by Gasteiger charge is -2.12. The first-order chi connectivity index (χ1) is 6.56. The standard InChI is InChI=1S/C10H12FNO2/c1-2-9(12)8-5-6(11)3-4-7(8)10(13)14/h3-5,9H,2,12H2,1H3,(H,13,14). The summed E-state index contributed by atoms with van der Waals surface area (Å²) < 4.78 is 12.9. The molecule has 14 heavy (non-hydrogen) atoms. The molecular formula is C10H12FNO2. The van der Waals surface area contributed by atoms with Gasteiger partial charge in [-0.3, -0.25) is 0 Å². The smallest absolute Gasteiger partial charge is 0.336 e. The number of hydrogen-bond acceptors (Lipinski definition) is 2. The van der Waals surface area contributed by atoms with Crippen molar-refractivity contribution in [1.29, 1.82) is 0 Å². The first kappa shape index (κ1) is 10.7. The van der Waals surface area contributed by atoms with E-state index in [1.54, 1.807) is 0 Å². The fourth-order valence-electron chi connectivity index (χ4n) is 1.26. The third-order valence-corrected chi connectivity index (χ3v) is 2.08. The maximum Gasteiger partial charge on any atom is 0.336 e. The molecular weight excluding hydrogens is 185 g/mol. The number of hydrogen-bond donors (Lipinski definition) is 2. The van der Waals surface area contributed by atoms with Crippen LogP contribution in [-0.2, 0) is 0 Å². The maximum absolute atomic E-state index is 12.9. The van der Waals surface area contributed by atoms with E-state index in [2.05, 4.69) is 0 Å². The van der Waals surface area contributed by atoms with Gasteiger partial charge >= 0.3 is 5.97 Å². The van der Waals surface area contributed by atoms with Crippen molar-refractivity contribution in [2.45, 2.75) is 19.4 Å². The minimum atomic E-state index is -1.08. The van der Waals surface area contributed by atoms with E-state index in [9.17, 15) is 9.18 Å². The third-order valence-electron chi connectivity index (χ3n) is 2.08. The lowest BCUT2D eigenvalue weighted by Crippen LogP contribution is -2.14. The van der Waals surface area contributed by atoms with Crippen LogP contribution in [0.2, 0.25) is 0 Å². The molecule has 1 aromatic carbocycles. The Morgan fingerprint density at radius 2 is 2.29 bits per heavy atom. The summed E-state index contributed by atoms with van der Waals surface area (Å²) in [5.74, 6) is -1.54. The van der Waals surface area contributed by atoms with Crippen LogP contribution in [0.15, 0.2) is 18.2 Å². The summed E-state index contributed by atoms with van der Waals surface area (Å²) >= 11 is 0. The first-order valence-corrected chi connectivity index (χ1v) is 4.34. The molecule has 0 radical (unpaired) electrons. The molecule has 0 saturated heterocycles. The molecule has 4 heteroatoms. The van der Waals surface area contributed by atoms with Gasteiger partial charge in [0.25, 0.3) is 0 Å². The van der Waals surface area contributed by atoms with Crippen LogP contribution in [0.5, 0.6) is 0 Å². The van der Waals surface area contributed by atoms with Gasteiger partial charge in [0.05, 0.1) is 5.56 Å². The molecule has 0 heterocycles. The molecule has 3 nitrogen and oxygen atoms in total. The summed E-state index contributed by atoms with van der Waals surface area (Å²) in [6.45, 7) is 1.82. The molecule has 1 atom stereocenters. The van der Waals surface area contributed by atoms with Gasteiger partial charge < -0.3 is 10.8 Å². The quantitative estimate of drug-likeness (QED) is 0.778. The minimum absolute atomic E-state index is 0.0701. The zero-order chi connectivity index (χ0) is 10.7. The number of halogens is 1. The summed E-state index contributed by atoms with van der Waals surface area (Å²) in [6, 6.07) is 3.10. The largest absolute Gasteiger partial charge is 0.478 e. The SMILES string of the molecule is CCC(N)c1cc(F)ccc1C(=O)O. The Kier molecular flexibility index (Phi) is 3.19. The van der Waals surface area contributed by atoms with Crippen molar-refractivity contribution < 1.29 is 14.3 Å². The maximum atomic E-state index is 12.9. The van der Waals surface area contributed by atoms with Crippen LogP contribution in [-0.4, -0.2) is 11.1 Å². The zero-order valence-electron chi connectivity index (χ0n) is 7.83. The number of carbonyl (C=O) groups is 1. The number of carboxylic acid groups (broad SMARTS) is 1. The van der Waals surface area contributed by atoms with Crippen LogP contribution in [0.4, 0.5) is 4.39 Å². The van der Waals surface area contributed by atoms with Crippen molar-refractivity contribution in [1.82, 2.24) is 0 Å². The molecule has 3 N–H and O–H groups in total.